The number of rotatable bonds is 5. The van der Waals surface area contributed by atoms with Crippen LogP contribution in [-0.2, 0) is 14.3 Å². The van der Waals surface area contributed by atoms with Gasteiger partial charge in [0.2, 0.25) is 0 Å². The standard InChI is InChI=1S/C24H27NO6/c1-13-10-14(2)23(29-4)17(11-13)21(26)19-20(18-8-7-15(3)31-18)25(24(28)22(19)27)12-16-6-5-9-30-16/h7-8,10-11,16,20,26H,5-6,9,12H2,1-4H3/b21-19+. The number of carbonyl (C=O) groups is 2. The Bertz CT molecular complexity index is 1060. The maximum absolute atomic E-state index is 13.1. The number of nitrogens with zero attached hydrogens (tertiary/aromatic N) is 1. The molecule has 2 aromatic rings. The lowest BCUT2D eigenvalue weighted by atomic mass is 9.96. The van der Waals surface area contributed by atoms with Gasteiger partial charge >= 0.3 is 0 Å². The number of ether oxygens (including phenoxy) is 2. The van der Waals surface area contributed by atoms with Gasteiger partial charge in [-0.25, -0.2) is 0 Å². The van der Waals surface area contributed by atoms with Crippen molar-refractivity contribution in [2.45, 2.75) is 45.8 Å². The van der Waals surface area contributed by atoms with Crippen molar-refractivity contribution in [2.75, 3.05) is 20.3 Å². The van der Waals surface area contributed by atoms with Gasteiger partial charge in [-0.2, -0.15) is 0 Å². The summed E-state index contributed by atoms with van der Waals surface area (Å²) in [7, 11) is 1.51. The van der Waals surface area contributed by atoms with Crippen LogP contribution in [0.15, 0.2) is 34.3 Å². The minimum absolute atomic E-state index is 0.000599. The van der Waals surface area contributed by atoms with E-state index in [0.717, 1.165) is 24.0 Å². The van der Waals surface area contributed by atoms with Crippen molar-refractivity contribution < 1.29 is 28.6 Å². The number of carbonyl (C=O) groups excluding carboxylic acids is 2. The molecule has 1 amide bonds. The summed E-state index contributed by atoms with van der Waals surface area (Å²) >= 11 is 0. The van der Waals surface area contributed by atoms with Gasteiger partial charge in [0.1, 0.15) is 29.1 Å². The van der Waals surface area contributed by atoms with Crippen LogP contribution >= 0.6 is 0 Å². The summed E-state index contributed by atoms with van der Waals surface area (Å²) < 4.78 is 17.0. The van der Waals surface area contributed by atoms with Gasteiger partial charge in [0.05, 0.1) is 24.4 Å². The summed E-state index contributed by atoms with van der Waals surface area (Å²) in [5.41, 5.74) is 2.10. The van der Waals surface area contributed by atoms with E-state index < -0.39 is 17.7 Å². The first kappa shape index (κ1) is 21.2. The zero-order chi connectivity index (χ0) is 22.3. The Balaban J connectivity index is 1.88. The topological polar surface area (TPSA) is 89.2 Å². The van der Waals surface area contributed by atoms with Crippen molar-refractivity contribution in [1.82, 2.24) is 4.90 Å². The molecule has 2 atom stereocenters. The molecule has 2 unspecified atom stereocenters. The summed E-state index contributed by atoms with van der Waals surface area (Å²) in [4.78, 5) is 27.6. The minimum Gasteiger partial charge on any atom is -0.507 e. The molecule has 0 radical (unpaired) electrons. The Morgan fingerprint density at radius 1 is 1.23 bits per heavy atom. The molecular formula is C24H27NO6. The van der Waals surface area contributed by atoms with Crippen molar-refractivity contribution in [3.63, 3.8) is 0 Å². The maximum atomic E-state index is 13.1. The van der Waals surface area contributed by atoms with Crippen molar-refractivity contribution in [2.24, 2.45) is 0 Å². The lowest BCUT2D eigenvalue weighted by Gasteiger charge is -2.26. The summed E-state index contributed by atoms with van der Waals surface area (Å²) in [6, 6.07) is 6.36. The highest BCUT2D eigenvalue weighted by Crippen LogP contribution is 2.42. The second kappa shape index (κ2) is 8.23. The van der Waals surface area contributed by atoms with Crippen LogP contribution in [0.1, 0.15) is 47.1 Å². The fraction of sp³-hybridized carbons (Fsp3) is 0.417. The smallest absolute Gasteiger partial charge is 0.295 e. The highest BCUT2D eigenvalue weighted by Gasteiger charge is 2.48. The highest BCUT2D eigenvalue weighted by atomic mass is 16.5. The molecule has 0 aliphatic carbocycles. The first-order chi connectivity index (χ1) is 14.8. The first-order valence-corrected chi connectivity index (χ1v) is 10.4. The Labute approximate surface area is 181 Å². The number of likely N-dealkylation sites (tertiary alicyclic amines) is 1. The number of ketones is 1. The number of hydrogen-bond acceptors (Lipinski definition) is 6. The molecule has 2 saturated heterocycles. The Hall–Kier alpha value is -3.06. The number of Topliss-reactive ketones (excluding diaryl/α,β-unsaturated/α-hetero) is 1. The van der Waals surface area contributed by atoms with E-state index in [-0.39, 0.29) is 24.0 Å². The van der Waals surface area contributed by atoms with Crippen LogP contribution in [0.5, 0.6) is 5.75 Å². The van der Waals surface area contributed by atoms with Gasteiger partial charge in [-0.05, 0) is 62.9 Å². The van der Waals surface area contributed by atoms with Gasteiger partial charge in [-0.1, -0.05) is 6.07 Å². The number of hydrogen-bond donors (Lipinski definition) is 1. The Morgan fingerprint density at radius 3 is 2.61 bits per heavy atom. The Kier molecular flexibility index (Phi) is 5.62. The molecule has 0 spiro atoms. The normalized spacial score (nSPS) is 23.0. The lowest BCUT2D eigenvalue weighted by Crippen LogP contribution is -2.36. The third kappa shape index (κ3) is 3.74. The van der Waals surface area contributed by atoms with Gasteiger partial charge in [0.25, 0.3) is 11.7 Å². The third-order valence-corrected chi connectivity index (χ3v) is 5.87. The van der Waals surface area contributed by atoms with E-state index in [1.54, 1.807) is 25.1 Å². The lowest BCUT2D eigenvalue weighted by molar-refractivity contribution is -0.141. The molecule has 1 aromatic heterocycles. The zero-order valence-corrected chi connectivity index (χ0v) is 18.2. The number of benzene rings is 1. The van der Waals surface area contributed by atoms with Crippen LogP contribution in [0.2, 0.25) is 0 Å². The van der Waals surface area contributed by atoms with E-state index in [1.807, 2.05) is 19.9 Å². The van der Waals surface area contributed by atoms with E-state index in [2.05, 4.69) is 0 Å². The molecule has 164 valence electrons. The van der Waals surface area contributed by atoms with Crippen molar-refractivity contribution in [3.8, 4) is 5.75 Å². The largest absolute Gasteiger partial charge is 0.507 e. The molecule has 7 nitrogen and oxygen atoms in total. The zero-order valence-electron chi connectivity index (χ0n) is 18.2. The molecule has 1 aromatic carbocycles. The molecular weight excluding hydrogens is 398 g/mol. The van der Waals surface area contributed by atoms with E-state index in [9.17, 15) is 14.7 Å². The average molecular weight is 425 g/mol. The molecule has 2 aliphatic heterocycles. The third-order valence-electron chi connectivity index (χ3n) is 5.87. The van der Waals surface area contributed by atoms with Crippen LogP contribution < -0.4 is 4.74 Å². The Morgan fingerprint density at radius 2 is 2.00 bits per heavy atom. The number of aliphatic hydroxyl groups excluding tert-OH is 1. The van der Waals surface area contributed by atoms with Gasteiger partial charge in [-0.3, -0.25) is 9.59 Å². The van der Waals surface area contributed by atoms with Gasteiger partial charge in [-0.15, -0.1) is 0 Å². The predicted molar refractivity (Wildman–Crippen MR) is 114 cm³/mol. The van der Waals surface area contributed by atoms with Gasteiger partial charge < -0.3 is 23.9 Å². The van der Waals surface area contributed by atoms with E-state index in [4.69, 9.17) is 13.9 Å². The van der Waals surface area contributed by atoms with Crippen LogP contribution in [0.3, 0.4) is 0 Å². The summed E-state index contributed by atoms with van der Waals surface area (Å²) in [5, 5.41) is 11.3. The highest BCUT2D eigenvalue weighted by molar-refractivity contribution is 6.46. The molecule has 7 heteroatoms. The summed E-state index contributed by atoms with van der Waals surface area (Å²) in [5.74, 6) is -0.129. The summed E-state index contributed by atoms with van der Waals surface area (Å²) in [6.07, 6.45) is 1.59. The van der Waals surface area contributed by atoms with E-state index >= 15 is 0 Å². The quantitative estimate of drug-likeness (QED) is 0.445. The molecule has 3 heterocycles. The number of aliphatic hydroxyl groups is 1. The number of aryl methyl sites for hydroxylation is 3. The van der Waals surface area contributed by atoms with Crippen LogP contribution in [-0.4, -0.2) is 48.1 Å². The van der Waals surface area contributed by atoms with Crippen molar-refractivity contribution in [1.29, 1.82) is 0 Å². The fourth-order valence-electron chi connectivity index (χ4n) is 4.52. The predicted octanol–water partition coefficient (Wildman–Crippen LogP) is 3.81. The average Bonchev–Trinajstić information content (AvgIpc) is 3.44. The summed E-state index contributed by atoms with van der Waals surface area (Å²) in [6.45, 7) is 6.45. The monoisotopic (exact) mass is 425 g/mol. The second-order valence-corrected chi connectivity index (χ2v) is 8.20. The minimum atomic E-state index is -0.830. The van der Waals surface area contributed by atoms with Crippen LogP contribution in [0.4, 0.5) is 0 Å². The molecule has 4 rings (SSSR count). The maximum Gasteiger partial charge on any atom is 0.295 e. The van der Waals surface area contributed by atoms with Gasteiger partial charge in [0, 0.05) is 13.2 Å². The molecule has 1 N–H and O–H groups in total. The number of furan rings is 1. The van der Waals surface area contributed by atoms with Crippen molar-refractivity contribution >= 4 is 17.4 Å². The van der Waals surface area contributed by atoms with E-state index in [0.29, 0.717) is 29.4 Å². The number of methoxy groups -OCH3 is 1. The molecule has 0 saturated carbocycles. The van der Waals surface area contributed by atoms with E-state index in [1.165, 1.54) is 12.0 Å². The second-order valence-electron chi connectivity index (χ2n) is 8.20. The molecule has 2 aliphatic rings. The van der Waals surface area contributed by atoms with Crippen LogP contribution in [0.25, 0.3) is 5.76 Å². The first-order valence-electron chi connectivity index (χ1n) is 10.4. The van der Waals surface area contributed by atoms with Gasteiger partial charge in [0.15, 0.2) is 0 Å². The van der Waals surface area contributed by atoms with Crippen molar-refractivity contribution in [3.05, 3.63) is 58.0 Å². The number of amides is 1. The molecule has 31 heavy (non-hydrogen) atoms. The molecule has 0 bridgehead atoms. The fourth-order valence-corrected chi connectivity index (χ4v) is 4.52. The molecule has 2 fully saturated rings. The SMILES string of the molecule is COc1c(C)cc(C)cc1/C(O)=C1\C(=O)C(=O)N(CC2CCCO2)C1c1ccc(C)o1. The van der Waals surface area contributed by atoms with Crippen LogP contribution in [0, 0.1) is 20.8 Å².